The van der Waals surface area contributed by atoms with Crippen LogP contribution in [0.4, 0.5) is 0 Å². The molecular formula is C14H25NO3. The van der Waals surface area contributed by atoms with Crippen LogP contribution in [0, 0.1) is 0 Å². The Morgan fingerprint density at radius 1 is 1.17 bits per heavy atom. The van der Waals surface area contributed by atoms with Crippen molar-refractivity contribution in [1.82, 2.24) is 4.90 Å². The summed E-state index contributed by atoms with van der Waals surface area (Å²) in [6.07, 6.45) is 1.79. The minimum absolute atomic E-state index is 0.103. The van der Waals surface area contributed by atoms with E-state index in [1.807, 2.05) is 39.5 Å². The van der Waals surface area contributed by atoms with Crippen LogP contribution in [0.25, 0.3) is 0 Å². The molecule has 0 unspecified atom stereocenters. The third-order valence-corrected chi connectivity index (χ3v) is 3.55. The highest BCUT2D eigenvalue weighted by Gasteiger charge is 2.48. The lowest BCUT2D eigenvalue weighted by molar-refractivity contribution is -0.166. The number of likely N-dealkylation sites (tertiary alicyclic amines) is 1. The number of carbonyl (C=O) groups is 2. The number of ether oxygens (including phenoxy) is 1. The topological polar surface area (TPSA) is 46.6 Å². The molecule has 18 heavy (non-hydrogen) atoms. The van der Waals surface area contributed by atoms with E-state index in [1.54, 1.807) is 0 Å². The molecule has 0 aliphatic carbocycles. The molecule has 0 aromatic carbocycles. The molecule has 0 N–H and O–H groups in total. The molecule has 0 saturated carbocycles. The molecule has 1 amide bonds. The highest BCUT2D eigenvalue weighted by Crippen LogP contribution is 2.39. The summed E-state index contributed by atoms with van der Waals surface area (Å²) in [5.41, 5.74) is -0.566. The molecule has 1 fully saturated rings. The first-order valence-corrected chi connectivity index (χ1v) is 6.60. The van der Waals surface area contributed by atoms with Crippen molar-refractivity contribution in [3.63, 3.8) is 0 Å². The minimum atomic E-state index is -0.283. The quantitative estimate of drug-likeness (QED) is 0.712. The van der Waals surface area contributed by atoms with Crippen LogP contribution in [-0.4, -0.2) is 34.0 Å². The van der Waals surface area contributed by atoms with Gasteiger partial charge in [0.25, 0.3) is 0 Å². The summed E-state index contributed by atoms with van der Waals surface area (Å²) >= 11 is 0. The highest BCUT2D eigenvalue weighted by molar-refractivity contribution is 5.77. The van der Waals surface area contributed by atoms with Gasteiger partial charge in [-0.3, -0.25) is 9.59 Å². The Hall–Kier alpha value is -1.06. The molecule has 0 aromatic rings. The number of esters is 1. The number of hydrogen-bond donors (Lipinski definition) is 0. The molecule has 1 aliphatic rings. The predicted molar refractivity (Wildman–Crippen MR) is 70.1 cm³/mol. The van der Waals surface area contributed by atoms with Crippen LogP contribution in [0.5, 0.6) is 0 Å². The summed E-state index contributed by atoms with van der Waals surface area (Å²) in [4.78, 5) is 25.2. The molecule has 1 rings (SSSR count). The molecular weight excluding hydrogens is 230 g/mol. The van der Waals surface area contributed by atoms with Crippen LogP contribution >= 0.6 is 0 Å². The third kappa shape index (κ3) is 3.03. The van der Waals surface area contributed by atoms with Crippen molar-refractivity contribution >= 4 is 11.9 Å². The van der Waals surface area contributed by atoms with Crippen LogP contribution in [0.3, 0.4) is 0 Å². The molecule has 1 saturated heterocycles. The lowest BCUT2D eigenvalue weighted by atomic mass is 9.78. The molecule has 104 valence electrons. The maximum atomic E-state index is 12.1. The number of hydrogen-bond acceptors (Lipinski definition) is 3. The van der Waals surface area contributed by atoms with Gasteiger partial charge in [0.1, 0.15) is 6.10 Å². The second-order valence-corrected chi connectivity index (χ2v) is 6.35. The maximum Gasteiger partial charge on any atom is 0.302 e. The lowest BCUT2D eigenvalue weighted by Crippen LogP contribution is -2.64. The Kier molecular flexibility index (Phi) is 4.08. The van der Waals surface area contributed by atoms with Gasteiger partial charge in [-0.15, -0.1) is 0 Å². The number of carbonyl (C=O) groups excluding carboxylic acids is 2. The second kappa shape index (κ2) is 4.90. The Morgan fingerprint density at radius 2 is 1.61 bits per heavy atom. The van der Waals surface area contributed by atoms with Gasteiger partial charge in [-0.05, 0) is 27.7 Å². The molecule has 4 nitrogen and oxygen atoms in total. The van der Waals surface area contributed by atoms with Gasteiger partial charge in [-0.2, -0.15) is 0 Å². The van der Waals surface area contributed by atoms with E-state index in [0.29, 0.717) is 19.3 Å². The average molecular weight is 255 g/mol. The standard InChI is InChI=1S/C14H25NO3/c1-7-12(17)15-13(3,4)8-11(18-10(2)16)9-14(15,5)6/h11H,7-9H2,1-6H3. The van der Waals surface area contributed by atoms with Gasteiger partial charge in [-0.1, -0.05) is 6.92 Å². The van der Waals surface area contributed by atoms with E-state index in [0.717, 1.165) is 0 Å². The first-order valence-electron chi connectivity index (χ1n) is 6.60. The fraction of sp³-hybridized carbons (Fsp3) is 0.857. The van der Waals surface area contributed by atoms with E-state index < -0.39 is 0 Å². The van der Waals surface area contributed by atoms with Crippen molar-refractivity contribution in [1.29, 1.82) is 0 Å². The van der Waals surface area contributed by atoms with Gasteiger partial charge in [0.2, 0.25) is 5.91 Å². The van der Waals surface area contributed by atoms with Crippen LogP contribution in [-0.2, 0) is 14.3 Å². The van der Waals surface area contributed by atoms with Gasteiger partial charge in [0, 0.05) is 37.3 Å². The van der Waals surface area contributed by atoms with Crippen molar-refractivity contribution < 1.29 is 14.3 Å². The molecule has 0 atom stereocenters. The maximum absolute atomic E-state index is 12.1. The highest BCUT2D eigenvalue weighted by atomic mass is 16.5. The molecule has 0 aromatic heterocycles. The Bertz CT molecular complexity index is 329. The Balaban J connectivity index is 2.98. The monoisotopic (exact) mass is 255 g/mol. The fourth-order valence-electron chi connectivity index (χ4n) is 3.34. The van der Waals surface area contributed by atoms with E-state index in [1.165, 1.54) is 6.92 Å². The zero-order valence-electron chi connectivity index (χ0n) is 12.4. The van der Waals surface area contributed by atoms with Crippen LogP contribution < -0.4 is 0 Å². The van der Waals surface area contributed by atoms with Gasteiger partial charge in [-0.25, -0.2) is 0 Å². The summed E-state index contributed by atoms with van der Waals surface area (Å²) in [7, 11) is 0. The zero-order valence-corrected chi connectivity index (χ0v) is 12.4. The van der Waals surface area contributed by atoms with E-state index in [-0.39, 0.29) is 29.1 Å². The number of rotatable bonds is 2. The summed E-state index contributed by atoms with van der Waals surface area (Å²) in [5.74, 6) is -0.0897. The normalized spacial score (nSPS) is 22.7. The zero-order chi connectivity index (χ0) is 14.1. The van der Waals surface area contributed by atoms with E-state index in [4.69, 9.17) is 4.74 Å². The summed E-state index contributed by atoms with van der Waals surface area (Å²) in [6.45, 7) is 11.5. The lowest BCUT2D eigenvalue weighted by Gasteiger charge is -2.54. The van der Waals surface area contributed by atoms with Gasteiger partial charge < -0.3 is 9.64 Å². The third-order valence-electron chi connectivity index (χ3n) is 3.55. The SMILES string of the molecule is CCC(=O)N1C(C)(C)CC(OC(C)=O)CC1(C)C. The first-order chi connectivity index (χ1) is 8.10. The Morgan fingerprint density at radius 3 is 1.94 bits per heavy atom. The van der Waals surface area contributed by atoms with Crippen molar-refractivity contribution in [3.05, 3.63) is 0 Å². The van der Waals surface area contributed by atoms with Gasteiger partial charge in [0.05, 0.1) is 0 Å². The smallest absolute Gasteiger partial charge is 0.302 e. The molecule has 0 spiro atoms. The van der Waals surface area contributed by atoms with Crippen molar-refractivity contribution in [3.8, 4) is 0 Å². The van der Waals surface area contributed by atoms with Crippen LogP contribution in [0.1, 0.15) is 60.8 Å². The van der Waals surface area contributed by atoms with Crippen molar-refractivity contribution in [2.45, 2.75) is 78.0 Å². The second-order valence-electron chi connectivity index (χ2n) is 6.35. The van der Waals surface area contributed by atoms with E-state index in [2.05, 4.69) is 0 Å². The van der Waals surface area contributed by atoms with Crippen molar-refractivity contribution in [2.75, 3.05) is 0 Å². The summed E-state index contributed by atoms with van der Waals surface area (Å²) in [6, 6.07) is 0. The van der Waals surface area contributed by atoms with Gasteiger partial charge >= 0.3 is 5.97 Å². The molecule has 0 radical (unpaired) electrons. The van der Waals surface area contributed by atoms with Crippen molar-refractivity contribution in [2.24, 2.45) is 0 Å². The first kappa shape index (κ1) is 15.0. The van der Waals surface area contributed by atoms with Crippen LogP contribution in [0.2, 0.25) is 0 Å². The molecule has 0 bridgehead atoms. The number of piperidine rings is 1. The number of nitrogens with zero attached hydrogens (tertiary/aromatic N) is 1. The molecule has 1 heterocycles. The van der Waals surface area contributed by atoms with E-state index in [9.17, 15) is 9.59 Å². The summed E-state index contributed by atoms with van der Waals surface area (Å²) in [5, 5.41) is 0. The Labute approximate surface area is 110 Å². The summed E-state index contributed by atoms with van der Waals surface area (Å²) < 4.78 is 5.35. The fourth-order valence-corrected chi connectivity index (χ4v) is 3.34. The van der Waals surface area contributed by atoms with Gasteiger partial charge in [0.15, 0.2) is 0 Å². The molecule has 1 aliphatic heterocycles. The largest absolute Gasteiger partial charge is 0.462 e. The minimum Gasteiger partial charge on any atom is -0.462 e. The molecule has 4 heteroatoms. The predicted octanol–water partition coefficient (Wildman–Crippen LogP) is 2.51. The number of amides is 1. The van der Waals surface area contributed by atoms with E-state index >= 15 is 0 Å². The average Bonchev–Trinajstić information content (AvgIpc) is 2.11. The van der Waals surface area contributed by atoms with Crippen LogP contribution in [0.15, 0.2) is 0 Å².